The normalized spacial score (nSPS) is 11.5. The quantitative estimate of drug-likeness (QED) is 0.388. The highest BCUT2D eigenvalue weighted by Gasteiger charge is 2.35. The van der Waals surface area contributed by atoms with Gasteiger partial charge in [-0.15, -0.1) is 0 Å². The number of halogens is 1. The largest absolute Gasteiger partial charge is 0.324 e. The monoisotopic (exact) mass is 468 g/mol. The number of amides is 2. The van der Waals surface area contributed by atoms with E-state index >= 15 is 0 Å². The maximum atomic E-state index is 13.8. The van der Waals surface area contributed by atoms with Gasteiger partial charge in [0.1, 0.15) is 17.6 Å². The van der Waals surface area contributed by atoms with Gasteiger partial charge >= 0.3 is 0 Å². The Labute approximate surface area is 203 Å². The molecule has 7 heteroatoms. The minimum absolute atomic E-state index is 0.111. The zero-order chi connectivity index (χ0) is 24.8. The van der Waals surface area contributed by atoms with E-state index in [-0.39, 0.29) is 5.69 Å². The molecule has 176 valence electrons. The predicted molar refractivity (Wildman–Crippen MR) is 134 cm³/mol. The van der Waals surface area contributed by atoms with Gasteiger partial charge in [-0.25, -0.2) is 9.37 Å². The number of aromatic nitrogens is 2. The van der Waals surface area contributed by atoms with Gasteiger partial charge in [0.05, 0.1) is 6.20 Å². The van der Waals surface area contributed by atoms with Crippen LogP contribution in [0.5, 0.6) is 0 Å². The summed E-state index contributed by atoms with van der Waals surface area (Å²) < 4.78 is 13.4. The van der Waals surface area contributed by atoms with Crippen molar-refractivity contribution in [2.24, 2.45) is 0 Å². The molecule has 1 atom stereocenters. The molecule has 0 radical (unpaired) electrons. The molecule has 2 amide bonds. The van der Waals surface area contributed by atoms with Crippen molar-refractivity contribution in [2.45, 2.75) is 26.3 Å². The van der Waals surface area contributed by atoms with Gasteiger partial charge in [-0.1, -0.05) is 43.3 Å². The first-order chi connectivity index (χ1) is 17.0. The van der Waals surface area contributed by atoms with E-state index in [0.29, 0.717) is 16.9 Å². The van der Waals surface area contributed by atoms with Crippen LogP contribution in [0.2, 0.25) is 0 Å². The lowest BCUT2D eigenvalue weighted by molar-refractivity contribution is -0.117. The van der Waals surface area contributed by atoms with Crippen molar-refractivity contribution >= 4 is 23.2 Å². The Bertz CT molecular complexity index is 1310. The SMILES string of the molecule is CCc1ccc(N(C(=O)c2cnccn2)C(C(=O)Nc2ccc(F)cc2)c2ccccc2C)cc1. The number of anilines is 2. The summed E-state index contributed by atoms with van der Waals surface area (Å²) in [6, 6.07) is 19.4. The lowest BCUT2D eigenvalue weighted by atomic mass is 9.97. The molecular weight excluding hydrogens is 443 g/mol. The van der Waals surface area contributed by atoms with Gasteiger partial charge in [0.25, 0.3) is 11.8 Å². The number of nitrogens with zero attached hydrogens (tertiary/aromatic N) is 3. The number of hydrogen-bond acceptors (Lipinski definition) is 4. The summed E-state index contributed by atoms with van der Waals surface area (Å²) in [5.41, 5.74) is 3.67. The molecule has 4 aromatic rings. The highest BCUT2D eigenvalue weighted by molar-refractivity contribution is 6.11. The Morgan fingerprint density at radius 3 is 2.31 bits per heavy atom. The molecule has 0 spiro atoms. The third kappa shape index (κ3) is 5.41. The van der Waals surface area contributed by atoms with E-state index in [0.717, 1.165) is 17.5 Å². The van der Waals surface area contributed by atoms with E-state index in [4.69, 9.17) is 0 Å². The fourth-order valence-corrected chi connectivity index (χ4v) is 3.84. The molecule has 3 aromatic carbocycles. The van der Waals surface area contributed by atoms with Crippen molar-refractivity contribution in [3.05, 3.63) is 120 Å². The number of hydrogen-bond donors (Lipinski definition) is 1. The van der Waals surface area contributed by atoms with Gasteiger partial charge < -0.3 is 5.32 Å². The molecule has 4 rings (SSSR count). The van der Waals surface area contributed by atoms with Crippen molar-refractivity contribution in [3.8, 4) is 0 Å². The molecule has 6 nitrogen and oxygen atoms in total. The van der Waals surface area contributed by atoms with Crippen LogP contribution in [-0.2, 0) is 11.2 Å². The Morgan fingerprint density at radius 2 is 1.69 bits per heavy atom. The molecule has 35 heavy (non-hydrogen) atoms. The van der Waals surface area contributed by atoms with Crippen molar-refractivity contribution in [1.29, 1.82) is 0 Å². The summed E-state index contributed by atoms with van der Waals surface area (Å²) in [6.45, 7) is 3.93. The van der Waals surface area contributed by atoms with E-state index in [1.54, 1.807) is 0 Å². The highest BCUT2D eigenvalue weighted by Crippen LogP contribution is 2.32. The van der Waals surface area contributed by atoms with Gasteiger partial charge in [-0.05, 0) is 66.4 Å². The van der Waals surface area contributed by atoms with Crippen LogP contribution < -0.4 is 10.2 Å². The standard InChI is InChI=1S/C28H25FN4O2/c1-3-20-8-14-23(15-9-20)33(28(35)25-18-30-16-17-31-25)26(24-7-5-4-6-19(24)2)27(34)32-22-12-10-21(29)11-13-22/h4-18,26H,3H2,1-2H3,(H,32,34). The highest BCUT2D eigenvalue weighted by atomic mass is 19.1. The number of nitrogens with one attached hydrogen (secondary N) is 1. The minimum atomic E-state index is -1.02. The summed E-state index contributed by atoms with van der Waals surface area (Å²) in [7, 11) is 0. The Kier molecular flexibility index (Phi) is 7.26. The first kappa shape index (κ1) is 23.8. The number of rotatable bonds is 7. The predicted octanol–water partition coefficient (Wildman–Crippen LogP) is 5.51. The molecule has 0 saturated heterocycles. The number of carbonyl (C=O) groups excluding carboxylic acids is 2. The van der Waals surface area contributed by atoms with E-state index in [1.807, 2.05) is 62.4 Å². The van der Waals surface area contributed by atoms with Crippen LogP contribution in [0, 0.1) is 12.7 Å². The zero-order valence-electron chi connectivity index (χ0n) is 19.5. The van der Waals surface area contributed by atoms with Gasteiger partial charge in [0.2, 0.25) is 0 Å². The minimum Gasteiger partial charge on any atom is -0.324 e. The first-order valence-electron chi connectivity index (χ1n) is 11.3. The summed E-state index contributed by atoms with van der Waals surface area (Å²) in [6.07, 6.45) is 5.14. The zero-order valence-corrected chi connectivity index (χ0v) is 19.5. The fourth-order valence-electron chi connectivity index (χ4n) is 3.84. The molecule has 1 unspecified atom stereocenters. The third-order valence-corrected chi connectivity index (χ3v) is 5.73. The average Bonchev–Trinajstić information content (AvgIpc) is 2.89. The molecular formula is C28H25FN4O2. The van der Waals surface area contributed by atoms with Crippen LogP contribution in [0.3, 0.4) is 0 Å². The maximum absolute atomic E-state index is 13.8. The van der Waals surface area contributed by atoms with E-state index in [1.165, 1.54) is 47.8 Å². The molecule has 0 fully saturated rings. The van der Waals surface area contributed by atoms with Gasteiger partial charge in [0.15, 0.2) is 0 Å². The van der Waals surface area contributed by atoms with Crippen LogP contribution in [0.4, 0.5) is 15.8 Å². The van der Waals surface area contributed by atoms with E-state index < -0.39 is 23.7 Å². The molecule has 0 aliphatic carbocycles. The number of aryl methyl sites for hydroxylation is 2. The summed E-state index contributed by atoms with van der Waals surface area (Å²) >= 11 is 0. The van der Waals surface area contributed by atoms with Crippen molar-refractivity contribution < 1.29 is 14.0 Å². The van der Waals surface area contributed by atoms with E-state index in [2.05, 4.69) is 15.3 Å². The van der Waals surface area contributed by atoms with Gasteiger partial charge in [-0.2, -0.15) is 0 Å². The summed E-state index contributed by atoms with van der Waals surface area (Å²) in [5.74, 6) is -1.32. The molecule has 1 N–H and O–H groups in total. The van der Waals surface area contributed by atoms with Crippen LogP contribution in [0.15, 0.2) is 91.4 Å². The first-order valence-corrected chi connectivity index (χ1v) is 11.3. The number of benzene rings is 3. The second-order valence-electron chi connectivity index (χ2n) is 8.04. The average molecular weight is 469 g/mol. The van der Waals surface area contributed by atoms with E-state index in [9.17, 15) is 14.0 Å². The molecule has 0 aliphatic heterocycles. The van der Waals surface area contributed by atoms with Crippen LogP contribution in [0.25, 0.3) is 0 Å². The smallest absolute Gasteiger partial charge is 0.279 e. The van der Waals surface area contributed by atoms with Crippen molar-refractivity contribution in [3.63, 3.8) is 0 Å². The van der Waals surface area contributed by atoms with Crippen molar-refractivity contribution in [1.82, 2.24) is 9.97 Å². The Morgan fingerprint density at radius 1 is 0.971 bits per heavy atom. The summed E-state index contributed by atoms with van der Waals surface area (Å²) in [5, 5.41) is 2.84. The van der Waals surface area contributed by atoms with Crippen LogP contribution >= 0.6 is 0 Å². The lowest BCUT2D eigenvalue weighted by Crippen LogP contribution is -2.42. The van der Waals surface area contributed by atoms with Crippen LogP contribution in [-0.4, -0.2) is 21.8 Å². The second kappa shape index (κ2) is 10.7. The topological polar surface area (TPSA) is 75.2 Å². The van der Waals surface area contributed by atoms with Crippen molar-refractivity contribution in [2.75, 3.05) is 10.2 Å². The lowest BCUT2D eigenvalue weighted by Gasteiger charge is -2.32. The number of carbonyl (C=O) groups is 2. The summed E-state index contributed by atoms with van der Waals surface area (Å²) in [4.78, 5) is 37.3. The fraction of sp³-hybridized carbons (Fsp3) is 0.143. The third-order valence-electron chi connectivity index (χ3n) is 5.73. The van der Waals surface area contributed by atoms with Crippen LogP contribution in [0.1, 0.15) is 40.1 Å². The second-order valence-corrected chi connectivity index (χ2v) is 8.04. The van der Waals surface area contributed by atoms with Gasteiger partial charge in [-0.3, -0.25) is 19.5 Å². The Balaban J connectivity index is 1.85. The maximum Gasteiger partial charge on any atom is 0.279 e. The van der Waals surface area contributed by atoms with Gasteiger partial charge in [0, 0.05) is 23.8 Å². The molecule has 0 aliphatic rings. The Hall–Kier alpha value is -4.39. The molecule has 1 aromatic heterocycles. The molecule has 0 bridgehead atoms. The molecule has 0 saturated carbocycles. The molecule has 1 heterocycles.